The van der Waals surface area contributed by atoms with E-state index in [0.29, 0.717) is 6.61 Å². The Labute approximate surface area is 95.7 Å². The molecule has 0 amide bonds. The lowest BCUT2D eigenvalue weighted by Crippen LogP contribution is -1.97. The predicted molar refractivity (Wildman–Crippen MR) is 63.3 cm³/mol. The standard InChI is InChI=1S/C13H16O3/c1-3-10-16-12-7-5-4-6-11(12)8-9-13(14)15-2/h4-9H,3,10H2,1-2H3/b9-8+. The first-order chi connectivity index (χ1) is 7.77. The summed E-state index contributed by atoms with van der Waals surface area (Å²) in [6, 6.07) is 7.58. The summed E-state index contributed by atoms with van der Waals surface area (Å²) in [4.78, 5) is 11.0. The Morgan fingerprint density at radius 2 is 2.12 bits per heavy atom. The van der Waals surface area contributed by atoms with Gasteiger partial charge < -0.3 is 9.47 Å². The van der Waals surface area contributed by atoms with Crippen molar-refractivity contribution in [1.82, 2.24) is 0 Å². The summed E-state index contributed by atoms with van der Waals surface area (Å²) in [6.07, 6.45) is 4.03. The van der Waals surface area contributed by atoms with Gasteiger partial charge in [-0.15, -0.1) is 0 Å². The van der Waals surface area contributed by atoms with E-state index < -0.39 is 0 Å². The number of benzene rings is 1. The molecule has 0 fully saturated rings. The van der Waals surface area contributed by atoms with Crippen LogP contribution in [0.15, 0.2) is 30.3 Å². The van der Waals surface area contributed by atoms with E-state index in [9.17, 15) is 4.79 Å². The van der Waals surface area contributed by atoms with E-state index >= 15 is 0 Å². The fourth-order valence-corrected chi connectivity index (χ4v) is 1.19. The molecule has 0 aliphatic carbocycles. The molecule has 0 bridgehead atoms. The van der Waals surface area contributed by atoms with Gasteiger partial charge >= 0.3 is 5.97 Å². The van der Waals surface area contributed by atoms with Crippen molar-refractivity contribution in [2.75, 3.05) is 13.7 Å². The van der Waals surface area contributed by atoms with Crippen molar-refractivity contribution in [3.63, 3.8) is 0 Å². The summed E-state index contributed by atoms with van der Waals surface area (Å²) < 4.78 is 10.1. The summed E-state index contributed by atoms with van der Waals surface area (Å²) >= 11 is 0. The number of hydrogen-bond acceptors (Lipinski definition) is 3. The van der Waals surface area contributed by atoms with Crippen LogP contribution in [0, 0.1) is 0 Å². The number of ether oxygens (including phenoxy) is 2. The maximum absolute atomic E-state index is 11.0. The molecule has 0 saturated carbocycles. The number of carbonyl (C=O) groups is 1. The van der Waals surface area contributed by atoms with E-state index in [1.54, 1.807) is 6.08 Å². The molecule has 0 heterocycles. The van der Waals surface area contributed by atoms with Gasteiger partial charge in [0.1, 0.15) is 5.75 Å². The first-order valence-electron chi connectivity index (χ1n) is 5.25. The van der Waals surface area contributed by atoms with Crippen LogP contribution in [0.3, 0.4) is 0 Å². The van der Waals surface area contributed by atoms with Crippen molar-refractivity contribution in [3.05, 3.63) is 35.9 Å². The van der Waals surface area contributed by atoms with Crippen LogP contribution in [-0.4, -0.2) is 19.7 Å². The molecule has 0 aliphatic heterocycles. The summed E-state index contributed by atoms with van der Waals surface area (Å²) in [5.41, 5.74) is 0.876. The quantitative estimate of drug-likeness (QED) is 0.565. The number of hydrogen-bond donors (Lipinski definition) is 0. The fourth-order valence-electron chi connectivity index (χ4n) is 1.19. The zero-order chi connectivity index (χ0) is 11.8. The van der Waals surface area contributed by atoms with Crippen molar-refractivity contribution in [2.24, 2.45) is 0 Å². The molecule has 0 spiro atoms. The van der Waals surface area contributed by atoms with Crippen molar-refractivity contribution >= 4 is 12.0 Å². The molecule has 3 nitrogen and oxygen atoms in total. The molecular formula is C13H16O3. The lowest BCUT2D eigenvalue weighted by molar-refractivity contribution is -0.134. The van der Waals surface area contributed by atoms with Crippen LogP contribution in [-0.2, 0) is 9.53 Å². The molecule has 1 aromatic carbocycles. The van der Waals surface area contributed by atoms with Crippen LogP contribution in [0.2, 0.25) is 0 Å². The van der Waals surface area contributed by atoms with E-state index in [1.807, 2.05) is 31.2 Å². The highest BCUT2D eigenvalue weighted by molar-refractivity contribution is 5.87. The molecule has 0 radical (unpaired) electrons. The van der Waals surface area contributed by atoms with Crippen molar-refractivity contribution in [3.8, 4) is 5.75 Å². The average molecular weight is 220 g/mol. The van der Waals surface area contributed by atoms with Gasteiger partial charge in [-0.3, -0.25) is 0 Å². The number of para-hydroxylation sites is 1. The second-order valence-electron chi connectivity index (χ2n) is 3.24. The molecule has 16 heavy (non-hydrogen) atoms. The molecule has 0 unspecified atom stereocenters. The summed E-state index contributed by atoms with van der Waals surface area (Å²) in [7, 11) is 1.35. The van der Waals surface area contributed by atoms with Crippen LogP contribution >= 0.6 is 0 Å². The molecule has 3 heteroatoms. The maximum atomic E-state index is 11.0. The van der Waals surface area contributed by atoms with Crippen molar-refractivity contribution < 1.29 is 14.3 Å². The van der Waals surface area contributed by atoms with Crippen molar-refractivity contribution in [1.29, 1.82) is 0 Å². The monoisotopic (exact) mass is 220 g/mol. The Balaban J connectivity index is 2.78. The third-order valence-electron chi connectivity index (χ3n) is 1.98. The second-order valence-corrected chi connectivity index (χ2v) is 3.24. The minimum atomic E-state index is -0.370. The molecule has 0 saturated heterocycles. The lowest BCUT2D eigenvalue weighted by atomic mass is 10.2. The van der Waals surface area contributed by atoms with Crippen LogP contribution in [0.5, 0.6) is 5.75 Å². The van der Waals surface area contributed by atoms with Crippen LogP contribution in [0.1, 0.15) is 18.9 Å². The van der Waals surface area contributed by atoms with Crippen molar-refractivity contribution in [2.45, 2.75) is 13.3 Å². The van der Waals surface area contributed by atoms with Gasteiger partial charge in [0.05, 0.1) is 13.7 Å². The van der Waals surface area contributed by atoms with Gasteiger partial charge in [-0.25, -0.2) is 4.79 Å². The minimum Gasteiger partial charge on any atom is -0.493 e. The van der Waals surface area contributed by atoms with E-state index in [-0.39, 0.29) is 5.97 Å². The van der Waals surface area contributed by atoms with Crippen LogP contribution < -0.4 is 4.74 Å². The highest BCUT2D eigenvalue weighted by Gasteiger charge is 1.99. The normalized spacial score (nSPS) is 10.4. The Morgan fingerprint density at radius 3 is 2.81 bits per heavy atom. The molecular weight excluding hydrogens is 204 g/mol. The molecule has 0 atom stereocenters. The summed E-state index contributed by atoms with van der Waals surface area (Å²) in [6.45, 7) is 2.72. The van der Waals surface area contributed by atoms with Gasteiger partial charge in [-0.2, -0.15) is 0 Å². The Morgan fingerprint density at radius 1 is 1.38 bits per heavy atom. The maximum Gasteiger partial charge on any atom is 0.330 e. The third kappa shape index (κ3) is 3.77. The Kier molecular flexibility index (Phi) is 5.12. The zero-order valence-electron chi connectivity index (χ0n) is 9.60. The number of rotatable bonds is 5. The Hall–Kier alpha value is -1.77. The van der Waals surface area contributed by atoms with Gasteiger partial charge in [0.25, 0.3) is 0 Å². The second kappa shape index (κ2) is 6.67. The van der Waals surface area contributed by atoms with Gasteiger partial charge in [0, 0.05) is 11.6 Å². The van der Waals surface area contributed by atoms with E-state index in [0.717, 1.165) is 17.7 Å². The number of methoxy groups -OCH3 is 1. The predicted octanol–water partition coefficient (Wildman–Crippen LogP) is 2.66. The molecule has 86 valence electrons. The van der Waals surface area contributed by atoms with Gasteiger partial charge in [-0.1, -0.05) is 25.1 Å². The minimum absolute atomic E-state index is 0.370. The smallest absolute Gasteiger partial charge is 0.330 e. The highest BCUT2D eigenvalue weighted by atomic mass is 16.5. The van der Waals surface area contributed by atoms with Gasteiger partial charge in [-0.05, 0) is 18.6 Å². The fraction of sp³-hybridized carbons (Fsp3) is 0.308. The average Bonchev–Trinajstić information content (AvgIpc) is 2.34. The highest BCUT2D eigenvalue weighted by Crippen LogP contribution is 2.19. The number of esters is 1. The van der Waals surface area contributed by atoms with E-state index in [4.69, 9.17) is 4.74 Å². The molecule has 1 rings (SSSR count). The van der Waals surface area contributed by atoms with E-state index in [1.165, 1.54) is 13.2 Å². The SMILES string of the molecule is CCCOc1ccccc1/C=C/C(=O)OC. The van der Waals surface area contributed by atoms with E-state index in [2.05, 4.69) is 4.74 Å². The topological polar surface area (TPSA) is 35.5 Å². The number of carbonyl (C=O) groups excluding carboxylic acids is 1. The Bertz CT molecular complexity index is 369. The largest absolute Gasteiger partial charge is 0.493 e. The molecule has 0 aromatic heterocycles. The zero-order valence-corrected chi connectivity index (χ0v) is 9.60. The van der Waals surface area contributed by atoms with Gasteiger partial charge in [0.15, 0.2) is 0 Å². The summed E-state index contributed by atoms with van der Waals surface area (Å²) in [5.74, 6) is 0.412. The first kappa shape index (κ1) is 12.3. The van der Waals surface area contributed by atoms with Crippen LogP contribution in [0.25, 0.3) is 6.08 Å². The first-order valence-corrected chi connectivity index (χ1v) is 5.25. The third-order valence-corrected chi connectivity index (χ3v) is 1.98. The molecule has 0 N–H and O–H groups in total. The molecule has 0 aliphatic rings. The van der Waals surface area contributed by atoms with Gasteiger partial charge in [0.2, 0.25) is 0 Å². The molecule has 1 aromatic rings. The van der Waals surface area contributed by atoms with Crippen LogP contribution in [0.4, 0.5) is 0 Å². The lowest BCUT2D eigenvalue weighted by Gasteiger charge is -2.07. The summed E-state index contributed by atoms with van der Waals surface area (Å²) in [5, 5.41) is 0.